The Labute approximate surface area is 181 Å². The van der Waals surface area contributed by atoms with E-state index in [0.29, 0.717) is 0 Å². The Bertz CT molecular complexity index is 1120. The number of benzene rings is 2. The molecular weight excluding hydrogens is 387 g/mol. The Hall–Kier alpha value is -3.44. The second-order valence-corrected chi connectivity index (χ2v) is 8.59. The highest BCUT2D eigenvalue weighted by atomic mass is 19.1. The minimum Gasteiger partial charge on any atom is -0.319 e. The number of anilines is 1. The summed E-state index contributed by atoms with van der Waals surface area (Å²) >= 11 is 0. The number of para-hydroxylation sites is 1. The van der Waals surface area contributed by atoms with E-state index in [2.05, 4.69) is 17.0 Å². The summed E-state index contributed by atoms with van der Waals surface area (Å²) in [4.78, 5) is 7.29. The lowest BCUT2D eigenvalue weighted by Gasteiger charge is -2.32. The van der Waals surface area contributed by atoms with Gasteiger partial charge in [-0.25, -0.2) is 4.39 Å². The van der Waals surface area contributed by atoms with Crippen LogP contribution in [0.15, 0.2) is 59.6 Å². The molecule has 2 unspecified atom stereocenters. The lowest BCUT2D eigenvalue weighted by Crippen LogP contribution is -2.40. The molecule has 0 bridgehead atoms. The first-order chi connectivity index (χ1) is 15.2. The van der Waals surface area contributed by atoms with Crippen LogP contribution in [0.5, 0.6) is 0 Å². The van der Waals surface area contributed by atoms with Crippen LogP contribution in [0.2, 0.25) is 0 Å². The molecule has 0 N–H and O–H groups in total. The summed E-state index contributed by atoms with van der Waals surface area (Å²) < 4.78 is 13.7. The molecule has 3 aliphatic rings. The molecule has 154 valence electrons. The van der Waals surface area contributed by atoms with Crippen molar-refractivity contribution in [2.45, 2.75) is 50.1 Å². The average Bonchev–Trinajstić information content (AvgIpc) is 3.10. The molecule has 1 aliphatic carbocycles. The number of aliphatic imine (C=N–C) groups is 1. The van der Waals surface area contributed by atoms with Gasteiger partial charge in [0.05, 0.1) is 35.8 Å². The third-order valence-electron chi connectivity index (χ3n) is 6.82. The number of nitriles is 2. The summed E-state index contributed by atoms with van der Waals surface area (Å²) in [6, 6.07) is 18.6. The van der Waals surface area contributed by atoms with Crippen LogP contribution in [-0.4, -0.2) is 17.9 Å². The van der Waals surface area contributed by atoms with Gasteiger partial charge < -0.3 is 4.90 Å². The number of amidine groups is 1. The number of fused-ring (bicyclic) bond motifs is 3. The molecule has 2 heterocycles. The Morgan fingerprint density at radius 1 is 0.968 bits per heavy atom. The summed E-state index contributed by atoms with van der Waals surface area (Å²) in [6.45, 7) is 0. The lowest BCUT2D eigenvalue weighted by molar-refractivity contribution is 0.441. The van der Waals surface area contributed by atoms with Gasteiger partial charge >= 0.3 is 0 Å². The maximum absolute atomic E-state index is 13.7. The maximum atomic E-state index is 13.7. The standard InChI is InChI=1S/C26H23FN4/c27-20-13-10-19(11-14-20)24-25(30-21-7-2-1-3-8-21)31-22-9-5-4-6-18(22)12-15-23(31)26(24,16-28)17-29/h4-6,9-15,21,23-24H,1-3,7-8H2. The molecule has 31 heavy (non-hydrogen) atoms. The second kappa shape index (κ2) is 7.67. The molecule has 2 aliphatic heterocycles. The molecule has 5 rings (SSSR count). The zero-order valence-electron chi connectivity index (χ0n) is 17.2. The van der Waals surface area contributed by atoms with E-state index in [9.17, 15) is 14.9 Å². The molecule has 2 atom stereocenters. The van der Waals surface area contributed by atoms with Crippen molar-refractivity contribution in [1.29, 1.82) is 10.5 Å². The minimum atomic E-state index is -1.35. The number of hydrogen-bond donors (Lipinski definition) is 0. The van der Waals surface area contributed by atoms with Crippen molar-refractivity contribution in [2.24, 2.45) is 10.4 Å². The van der Waals surface area contributed by atoms with Crippen LogP contribution < -0.4 is 4.90 Å². The smallest absolute Gasteiger partial charge is 0.181 e. The highest BCUT2D eigenvalue weighted by molar-refractivity contribution is 6.10. The predicted octanol–water partition coefficient (Wildman–Crippen LogP) is 5.59. The van der Waals surface area contributed by atoms with Gasteiger partial charge in [-0.1, -0.05) is 61.7 Å². The number of hydrogen-bond acceptors (Lipinski definition) is 3. The molecule has 1 saturated carbocycles. The average molecular weight is 410 g/mol. The predicted molar refractivity (Wildman–Crippen MR) is 119 cm³/mol. The van der Waals surface area contributed by atoms with Crippen LogP contribution in [-0.2, 0) is 0 Å². The van der Waals surface area contributed by atoms with Crippen molar-refractivity contribution in [1.82, 2.24) is 0 Å². The minimum absolute atomic E-state index is 0.179. The maximum Gasteiger partial charge on any atom is 0.181 e. The first kappa shape index (κ1) is 19.5. The van der Waals surface area contributed by atoms with E-state index < -0.39 is 17.4 Å². The van der Waals surface area contributed by atoms with Crippen LogP contribution >= 0.6 is 0 Å². The zero-order valence-corrected chi connectivity index (χ0v) is 17.2. The first-order valence-electron chi connectivity index (χ1n) is 10.9. The number of nitrogens with zero attached hydrogens (tertiary/aromatic N) is 4. The van der Waals surface area contributed by atoms with Crippen molar-refractivity contribution in [3.05, 3.63) is 71.6 Å². The fourth-order valence-electron chi connectivity index (χ4n) is 5.30. The Balaban J connectivity index is 1.75. The summed E-state index contributed by atoms with van der Waals surface area (Å²) in [7, 11) is 0. The zero-order chi connectivity index (χ0) is 21.4. The molecule has 0 amide bonds. The van der Waals surface area contributed by atoms with E-state index in [-0.39, 0.29) is 11.9 Å². The van der Waals surface area contributed by atoms with Crippen LogP contribution in [0.25, 0.3) is 6.08 Å². The fourth-order valence-corrected chi connectivity index (χ4v) is 5.30. The van der Waals surface area contributed by atoms with Gasteiger partial charge in [0.2, 0.25) is 0 Å². The lowest BCUT2D eigenvalue weighted by atomic mass is 9.71. The van der Waals surface area contributed by atoms with E-state index in [0.717, 1.165) is 48.3 Å². The first-order valence-corrected chi connectivity index (χ1v) is 10.9. The molecule has 0 aromatic heterocycles. The summed E-state index contributed by atoms with van der Waals surface area (Å²) in [6.07, 6.45) is 9.48. The van der Waals surface area contributed by atoms with Gasteiger partial charge in [-0.15, -0.1) is 0 Å². The van der Waals surface area contributed by atoms with Crippen molar-refractivity contribution >= 4 is 17.6 Å². The van der Waals surface area contributed by atoms with Crippen LogP contribution in [0.3, 0.4) is 0 Å². The number of rotatable bonds is 2. The van der Waals surface area contributed by atoms with Gasteiger partial charge in [0.1, 0.15) is 11.7 Å². The summed E-state index contributed by atoms with van der Waals surface area (Å²) in [5.41, 5.74) is 1.40. The quantitative estimate of drug-likeness (QED) is 0.648. The Morgan fingerprint density at radius 2 is 1.68 bits per heavy atom. The van der Waals surface area contributed by atoms with E-state index in [4.69, 9.17) is 4.99 Å². The molecule has 0 spiro atoms. The van der Waals surface area contributed by atoms with E-state index in [1.54, 1.807) is 12.1 Å². The van der Waals surface area contributed by atoms with E-state index >= 15 is 0 Å². The highest BCUT2D eigenvalue weighted by Gasteiger charge is 2.60. The highest BCUT2D eigenvalue weighted by Crippen LogP contribution is 2.53. The van der Waals surface area contributed by atoms with Gasteiger partial charge in [0, 0.05) is 0 Å². The second-order valence-electron chi connectivity index (χ2n) is 8.59. The molecule has 2 aromatic rings. The Kier molecular flexibility index (Phi) is 4.83. The number of halogens is 1. The molecule has 4 nitrogen and oxygen atoms in total. The monoisotopic (exact) mass is 410 g/mol. The summed E-state index contributed by atoms with van der Waals surface area (Å²) in [5, 5.41) is 20.7. The molecule has 1 saturated heterocycles. The molecule has 2 aromatic carbocycles. The van der Waals surface area contributed by atoms with Gasteiger partial charge in [-0.2, -0.15) is 10.5 Å². The largest absolute Gasteiger partial charge is 0.319 e. The third-order valence-corrected chi connectivity index (χ3v) is 6.82. The van der Waals surface area contributed by atoms with Gasteiger partial charge in [0.15, 0.2) is 5.41 Å². The molecule has 0 radical (unpaired) electrons. The van der Waals surface area contributed by atoms with E-state index in [1.807, 2.05) is 36.4 Å². The van der Waals surface area contributed by atoms with E-state index in [1.165, 1.54) is 18.6 Å². The topological polar surface area (TPSA) is 63.2 Å². The fraction of sp³-hybridized carbons (Fsp3) is 0.346. The molecular formula is C26H23FN4. The molecule has 2 fully saturated rings. The van der Waals surface area contributed by atoms with Crippen molar-refractivity contribution in [2.75, 3.05) is 4.90 Å². The van der Waals surface area contributed by atoms with Crippen LogP contribution in [0, 0.1) is 33.9 Å². The van der Waals surface area contributed by atoms with Crippen LogP contribution in [0.4, 0.5) is 10.1 Å². The van der Waals surface area contributed by atoms with Gasteiger partial charge in [-0.05, 0) is 42.2 Å². The van der Waals surface area contributed by atoms with Crippen molar-refractivity contribution in [3.63, 3.8) is 0 Å². The summed E-state index contributed by atoms with van der Waals surface area (Å²) in [5.74, 6) is -0.135. The third kappa shape index (κ3) is 3.04. The van der Waals surface area contributed by atoms with Crippen molar-refractivity contribution in [3.8, 4) is 12.1 Å². The SMILES string of the molecule is N#CC1(C#N)C(c2ccc(F)cc2)C(=NC2CCCCC2)N2c3ccccc3C=CC21. The van der Waals surface area contributed by atoms with Crippen LogP contribution in [0.1, 0.15) is 49.1 Å². The van der Waals surface area contributed by atoms with Crippen molar-refractivity contribution < 1.29 is 4.39 Å². The Morgan fingerprint density at radius 3 is 2.39 bits per heavy atom. The van der Waals surface area contributed by atoms with Gasteiger partial charge in [0.25, 0.3) is 0 Å². The molecule has 5 heteroatoms. The normalized spacial score (nSPS) is 25.5. The van der Waals surface area contributed by atoms with Gasteiger partial charge in [-0.3, -0.25) is 4.99 Å².